The van der Waals surface area contributed by atoms with Crippen LogP contribution in [0.15, 0.2) is 6.20 Å². The van der Waals surface area contributed by atoms with Crippen molar-refractivity contribution in [2.45, 2.75) is 63.2 Å². The third-order valence-corrected chi connectivity index (χ3v) is 6.00. The smallest absolute Gasteiger partial charge is 0.272 e. The maximum absolute atomic E-state index is 12.9. The number of amides is 1. The van der Waals surface area contributed by atoms with E-state index < -0.39 is 0 Å². The Bertz CT molecular complexity index is 612. The van der Waals surface area contributed by atoms with Crippen LogP contribution in [-0.2, 0) is 9.47 Å². The molecule has 2 aliphatic carbocycles. The van der Waals surface area contributed by atoms with E-state index in [4.69, 9.17) is 9.47 Å². The number of carbonyl (C=O) groups excluding carboxylic acids is 1. The van der Waals surface area contributed by atoms with Gasteiger partial charge >= 0.3 is 0 Å². The van der Waals surface area contributed by atoms with E-state index in [1.807, 2.05) is 11.8 Å². The SMILES string of the molecule is CO[C@@]12CC[C@H](OCC3CC3)C[C@@H]1N(C(=O)c1cnc(C)[nH]1)CC2. The highest BCUT2D eigenvalue weighted by Crippen LogP contribution is 2.44. The molecule has 6 nitrogen and oxygen atoms in total. The van der Waals surface area contributed by atoms with Crippen LogP contribution in [0.1, 0.15) is 54.8 Å². The van der Waals surface area contributed by atoms with Gasteiger partial charge in [0, 0.05) is 20.3 Å². The lowest BCUT2D eigenvalue weighted by molar-refractivity contribution is -0.0977. The number of nitrogens with one attached hydrogen (secondary N) is 1. The number of hydrogen-bond donors (Lipinski definition) is 1. The van der Waals surface area contributed by atoms with E-state index in [1.54, 1.807) is 13.3 Å². The highest BCUT2D eigenvalue weighted by atomic mass is 16.5. The molecule has 0 aromatic carbocycles. The van der Waals surface area contributed by atoms with Crippen molar-refractivity contribution in [2.24, 2.45) is 5.92 Å². The minimum Gasteiger partial charge on any atom is -0.378 e. The number of H-pyrrole nitrogens is 1. The summed E-state index contributed by atoms with van der Waals surface area (Å²) < 4.78 is 12.1. The van der Waals surface area contributed by atoms with E-state index in [2.05, 4.69) is 9.97 Å². The van der Waals surface area contributed by atoms with Crippen LogP contribution >= 0.6 is 0 Å². The molecular formula is C18H27N3O3. The molecule has 0 unspecified atom stereocenters. The minimum atomic E-state index is -0.204. The number of likely N-dealkylation sites (tertiary alicyclic amines) is 1. The summed E-state index contributed by atoms with van der Waals surface area (Å²) in [6.45, 7) is 3.48. The molecule has 0 spiro atoms. The molecule has 2 heterocycles. The van der Waals surface area contributed by atoms with Gasteiger partial charge in [-0.1, -0.05) is 0 Å². The van der Waals surface area contributed by atoms with E-state index >= 15 is 0 Å². The van der Waals surface area contributed by atoms with Crippen molar-refractivity contribution in [3.8, 4) is 0 Å². The predicted molar refractivity (Wildman–Crippen MR) is 88.8 cm³/mol. The quantitative estimate of drug-likeness (QED) is 0.898. The monoisotopic (exact) mass is 333 g/mol. The van der Waals surface area contributed by atoms with Crippen molar-refractivity contribution in [1.82, 2.24) is 14.9 Å². The highest BCUT2D eigenvalue weighted by Gasteiger charge is 2.53. The number of aryl methyl sites for hydroxylation is 1. The molecule has 1 N–H and O–H groups in total. The zero-order chi connectivity index (χ0) is 16.7. The van der Waals surface area contributed by atoms with Gasteiger partial charge in [-0.05, 0) is 51.4 Å². The summed E-state index contributed by atoms with van der Waals surface area (Å²) in [5.41, 5.74) is 0.366. The summed E-state index contributed by atoms with van der Waals surface area (Å²) in [7, 11) is 1.78. The minimum absolute atomic E-state index is 0.0300. The molecule has 4 rings (SSSR count). The average Bonchev–Trinajstić information content (AvgIpc) is 3.20. The molecule has 132 valence electrons. The van der Waals surface area contributed by atoms with Crippen molar-refractivity contribution in [3.05, 3.63) is 17.7 Å². The Kier molecular flexibility index (Phi) is 4.12. The molecule has 24 heavy (non-hydrogen) atoms. The fourth-order valence-corrected chi connectivity index (χ4v) is 4.30. The molecule has 1 aromatic heterocycles. The molecular weight excluding hydrogens is 306 g/mol. The van der Waals surface area contributed by atoms with Gasteiger partial charge in [-0.2, -0.15) is 0 Å². The van der Waals surface area contributed by atoms with Gasteiger partial charge in [-0.15, -0.1) is 0 Å². The zero-order valence-corrected chi connectivity index (χ0v) is 14.6. The molecule has 3 aliphatic rings. The van der Waals surface area contributed by atoms with Crippen LogP contribution in [0.25, 0.3) is 0 Å². The summed E-state index contributed by atoms with van der Waals surface area (Å²) in [5, 5.41) is 0. The van der Waals surface area contributed by atoms with Crippen molar-refractivity contribution in [3.63, 3.8) is 0 Å². The molecule has 2 saturated carbocycles. The topological polar surface area (TPSA) is 67.5 Å². The van der Waals surface area contributed by atoms with Crippen LogP contribution in [0.5, 0.6) is 0 Å². The van der Waals surface area contributed by atoms with Gasteiger partial charge in [-0.25, -0.2) is 4.98 Å². The second-order valence-corrected chi connectivity index (χ2v) is 7.59. The van der Waals surface area contributed by atoms with Gasteiger partial charge in [-0.3, -0.25) is 4.79 Å². The molecule has 0 bridgehead atoms. The Morgan fingerprint density at radius 3 is 2.92 bits per heavy atom. The normalized spacial score (nSPS) is 32.8. The van der Waals surface area contributed by atoms with Crippen LogP contribution in [0.2, 0.25) is 0 Å². The van der Waals surface area contributed by atoms with Gasteiger partial charge < -0.3 is 19.4 Å². The Morgan fingerprint density at radius 2 is 2.25 bits per heavy atom. The van der Waals surface area contributed by atoms with Crippen molar-refractivity contribution >= 4 is 5.91 Å². The zero-order valence-electron chi connectivity index (χ0n) is 14.6. The number of methoxy groups -OCH3 is 1. The van der Waals surface area contributed by atoms with Crippen LogP contribution in [-0.4, -0.2) is 58.8 Å². The molecule has 1 saturated heterocycles. The second kappa shape index (κ2) is 6.15. The molecule has 1 amide bonds. The fraction of sp³-hybridized carbons (Fsp3) is 0.778. The van der Waals surface area contributed by atoms with Crippen LogP contribution in [0.4, 0.5) is 0 Å². The third kappa shape index (κ3) is 2.86. The Morgan fingerprint density at radius 1 is 1.42 bits per heavy atom. The molecule has 6 heteroatoms. The number of aromatic nitrogens is 2. The van der Waals surface area contributed by atoms with Gasteiger partial charge in [0.15, 0.2) is 0 Å². The first-order valence-corrected chi connectivity index (χ1v) is 9.10. The lowest BCUT2D eigenvalue weighted by Crippen LogP contribution is -2.53. The number of hydrogen-bond acceptors (Lipinski definition) is 4. The average molecular weight is 333 g/mol. The Balaban J connectivity index is 1.49. The molecule has 1 aromatic rings. The maximum Gasteiger partial charge on any atom is 0.272 e. The van der Waals surface area contributed by atoms with E-state index in [0.717, 1.165) is 50.6 Å². The molecule has 1 aliphatic heterocycles. The summed E-state index contributed by atoms with van der Waals surface area (Å²) in [6.07, 6.45) is 8.27. The number of aromatic amines is 1. The van der Waals surface area contributed by atoms with Gasteiger partial charge in [0.25, 0.3) is 5.91 Å². The van der Waals surface area contributed by atoms with Crippen molar-refractivity contribution in [1.29, 1.82) is 0 Å². The number of carbonyl (C=O) groups is 1. The van der Waals surface area contributed by atoms with E-state index in [9.17, 15) is 4.79 Å². The molecule has 0 radical (unpaired) electrons. The Labute approximate surface area is 142 Å². The summed E-state index contributed by atoms with van der Waals surface area (Å²) >= 11 is 0. The van der Waals surface area contributed by atoms with Crippen molar-refractivity contribution in [2.75, 3.05) is 20.3 Å². The van der Waals surface area contributed by atoms with E-state index in [-0.39, 0.29) is 23.7 Å². The molecule has 3 atom stereocenters. The number of fused-ring (bicyclic) bond motifs is 1. The largest absolute Gasteiger partial charge is 0.378 e. The number of nitrogens with zero attached hydrogens (tertiary/aromatic N) is 2. The van der Waals surface area contributed by atoms with Crippen LogP contribution in [0.3, 0.4) is 0 Å². The fourth-order valence-electron chi connectivity index (χ4n) is 4.30. The predicted octanol–water partition coefficient (Wildman–Crippen LogP) is 2.30. The maximum atomic E-state index is 12.9. The number of rotatable bonds is 5. The first kappa shape index (κ1) is 16.1. The van der Waals surface area contributed by atoms with Gasteiger partial charge in [0.05, 0.1) is 23.9 Å². The van der Waals surface area contributed by atoms with Crippen LogP contribution < -0.4 is 0 Å². The van der Waals surface area contributed by atoms with E-state index in [1.165, 1.54) is 12.8 Å². The van der Waals surface area contributed by atoms with E-state index in [0.29, 0.717) is 5.69 Å². The number of ether oxygens (including phenoxy) is 2. The second-order valence-electron chi connectivity index (χ2n) is 7.59. The third-order valence-electron chi connectivity index (χ3n) is 6.00. The summed E-state index contributed by atoms with van der Waals surface area (Å²) in [4.78, 5) is 22.1. The van der Waals surface area contributed by atoms with Crippen molar-refractivity contribution < 1.29 is 14.3 Å². The van der Waals surface area contributed by atoms with Gasteiger partial charge in [0.1, 0.15) is 11.5 Å². The standard InChI is InChI=1S/C18H27N3O3/c1-12-19-10-15(20-12)17(22)21-8-7-18(23-2)6-5-14(9-16(18)21)24-11-13-3-4-13/h10,13-14,16H,3-9,11H2,1-2H3,(H,19,20)/t14-,16-,18+/m0/s1. The molecule has 3 fully saturated rings. The van der Waals surface area contributed by atoms with Gasteiger partial charge in [0.2, 0.25) is 0 Å². The lowest BCUT2D eigenvalue weighted by Gasteiger charge is -2.43. The number of imidazole rings is 1. The summed E-state index contributed by atoms with van der Waals surface area (Å²) in [6, 6.07) is 0.0940. The Hall–Kier alpha value is -1.40. The highest BCUT2D eigenvalue weighted by molar-refractivity contribution is 5.92. The van der Waals surface area contributed by atoms with Crippen LogP contribution in [0, 0.1) is 12.8 Å². The summed E-state index contributed by atoms with van der Waals surface area (Å²) in [5.74, 6) is 1.57. The lowest BCUT2D eigenvalue weighted by atomic mass is 9.79. The first-order valence-electron chi connectivity index (χ1n) is 9.10. The first-order chi connectivity index (χ1) is 11.6.